The highest BCUT2D eigenvalue weighted by Crippen LogP contribution is 2.39. The van der Waals surface area contributed by atoms with Gasteiger partial charge in [0.05, 0.1) is 5.69 Å². The number of hydrogen-bond acceptors (Lipinski definition) is 5. The first-order valence-electron chi connectivity index (χ1n) is 5.64. The average molecular weight is 266 g/mol. The highest BCUT2D eigenvalue weighted by molar-refractivity contribution is 7.17. The number of hydrogen-bond donors (Lipinski definition) is 2. The summed E-state index contributed by atoms with van der Waals surface area (Å²) in [5, 5.41) is 11.9. The van der Waals surface area contributed by atoms with Crippen LogP contribution in [0.2, 0.25) is 0 Å². The lowest BCUT2D eigenvalue weighted by atomic mass is 10.0. The van der Waals surface area contributed by atoms with Gasteiger partial charge in [0.2, 0.25) is 0 Å². The lowest BCUT2D eigenvalue weighted by molar-refractivity contribution is 1.40. The van der Waals surface area contributed by atoms with Crippen molar-refractivity contribution in [2.24, 2.45) is 0 Å². The van der Waals surface area contributed by atoms with Crippen LogP contribution in [-0.2, 0) is 0 Å². The standard InChI is InChI=1S/C14H10N4S/c15-6-9-12(16)11-10(8-4-2-1-3-5-8)7-19-14(11)18-13(9)17/h1-5,7H,(H4,16,17,18). The molecule has 0 atom stereocenters. The summed E-state index contributed by atoms with van der Waals surface area (Å²) in [6.45, 7) is 0. The zero-order valence-corrected chi connectivity index (χ0v) is 10.7. The molecule has 0 unspecified atom stereocenters. The first kappa shape index (κ1) is 11.5. The molecule has 0 aliphatic heterocycles. The van der Waals surface area contributed by atoms with E-state index in [1.54, 1.807) is 0 Å². The topological polar surface area (TPSA) is 88.7 Å². The molecule has 0 radical (unpaired) electrons. The fraction of sp³-hybridized carbons (Fsp3) is 0. The first-order valence-corrected chi connectivity index (χ1v) is 6.52. The van der Waals surface area contributed by atoms with E-state index >= 15 is 0 Å². The van der Waals surface area contributed by atoms with E-state index in [4.69, 9.17) is 16.7 Å². The summed E-state index contributed by atoms with van der Waals surface area (Å²) in [7, 11) is 0. The predicted octanol–water partition coefficient (Wildman–Crippen LogP) is 3.00. The van der Waals surface area contributed by atoms with Gasteiger partial charge in [-0.1, -0.05) is 30.3 Å². The Hall–Kier alpha value is -2.58. The van der Waals surface area contributed by atoms with Gasteiger partial charge < -0.3 is 11.5 Å². The Labute approximate surface area is 113 Å². The summed E-state index contributed by atoms with van der Waals surface area (Å²) in [5.74, 6) is 0.189. The Kier molecular flexibility index (Phi) is 2.58. The van der Waals surface area contributed by atoms with Crippen molar-refractivity contribution in [2.75, 3.05) is 11.5 Å². The van der Waals surface area contributed by atoms with Gasteiger partial charge in [-0.15, -0.1) is 11.3 Å². The Morgan fingerprint density at radius 2 is 1.89 bits per heavy atom. The van der Waals surface area contributed by atoms with Crippen molar-refractivity contribution in [1.82, 2.24) is 4.98 Å². The SMILES string of the molecule is N#Cc1c(N)nc2scc(-c3ccccc3)c2c1N. The number of thiophene rings is 1. The van der Waals surface area contributed by atoms with Gasteiger partial charge >= 0.3 is 0 Å². The molecular weight excluding hydrogens is 256 g/mol. The summed E-state index contributed by atoms with van der Waals surface area (Å²) >= 11 is 1.48. The number of nitrogen functional groups attached to an aromatic ring is 2. The van der Waals surface area contributed by atoms with Crippen LogP contribution in [0.3, 0.4) is 0 Å². The molecule has 0 bridgehead atoms. The largest absolute Gasteiger partial charge is 0.397 e. The minimum atomic E-state index is 0.189. The van der Waals surface area contributed by atoms with E-state index in [0.29, 0.717) is 5.69 Å². The molecule has 0 saturated carbocycles. The van der Waals surface area contributed by atoms with Crippen molar-refractivity contribution in [2.45, 2.75) is 0 Å². The van der Waals surface area contributed by atoms with Crippen molar-refractivity contribution >= 4 is 33.1 Å². The number of rotatable bonds is 1. The molecule has 0 aliphatic carbocycles. The predicted molar refractivity (Wildman–Crippen MR) is 78.6 cm³/mol. The van der Waals surface area contributed by atoms with Gasteiger partial charge in [-0.05, 0) is 5.56 Å². The molecule has 5 heteroatoms. The molecule has 3 aromatic rings. The van der Waals surface area contributed by atoms with E-state index in [-0.39, 0.29) is 11.4 Å². The van der Waals surface area contributed by atoms with E-state index in [9.17, 15) is 0 Å². The summed E-state index contributed by atoms with van der Waals surface area (Å²) in [5.41, 5.74) is 14.5. The third-order valence-corrected chi connectivity index (χ3v) is 3.86. The molecule has 3 rings (SSSR count). The highest BCUT2D eigenvalue weighted by Gasteiger charge is 2.16. The van der Waals surface area contributed by atoms with E-state index in [1.165, 1.54) is 11.3 Å². The first-order chi connectivity index (χ1) is 9.22. The zero-order valence-electron chi connectivity index (χ0n) is 9.92. The summed E-state index contributed by atoms with van der Waals surface area (Å²) < 4.78 is 0. The van der Waals surface area contributed by atoms with Gasteiger partial charge in [-0.2, -0.15) is 5.26 Å². The third-order valence-electron chi connectivity index (χ3n) is 2.99. The second-order valence-electron chi connectivity index (χ2n) is 4.09. The van der Waals surface area contributed by atoms with Gasteiger partial charge in [0.1, 0.15) is 22.3 Å². The zero-order chi connectivity index (χ0) is 13.4. The number of pyridine rings is 1. The van der Waals surface area contributed by atoms with Gasteiger partial charge in [-0.25, -0.2) is 4.98 Å². The number of benzene rings is 1. The summed E-state index contributed by atoms with van der Waals surface area (Å²) in [6, 6.07) is 11.9. The van der Waals surface area contributed by atoms with Crippen molar-refractivity contribution in [3.63, 3.8) is 0 Å². The maximum atomic E-state index is 9.11. The van der Waals surface area contributed by atoms with Crippen LogP contribution >= 0.6 is 11.3 Å². The summed E-state index contributed by atoms with van der Waals surface area (Å²) in [4.78, 5) is 5.00. The normalized spacial score (nSPS) is 10.5. The molecule has 1 aromatic carbocycles. The van der Waals surface area contributed by atoms with Crippen LogP contribution in [0.15, 0.2) is 35.7 Å². The molecule has 0 aliphatic rings. The fourth-order valence-electron chi connectivity index (χ4n) is 2.07. The van der Waals surface area contributed by atoms with Crippen LogP contribution in [0.1, 0.15) is 5.56 Å². The minimum absolute atomic E-state index is 0.189. The molecule has 2 heterocycles. The van der Waals surface area contributed by atoms with E-state index in [1.807, 2.05) is 41.8 Å². The van der Waals surface area contributed by atoms with Gasteiger partial charge in [0.15, 0.2) is 0 Å². The second-order valence-corrected chi connectivity index (χ2v) is 4.95. The fourth-order valence-corrected chi connectivity index (χ4v) is 3.04. The maximum Gasteiger partial charge on any atom is 0.145 e. The van der Waals surface area contributed by atoms with Gasteiger partial charge in [0, 0.05) is 16.3 Å². The highest BCUT2D eigenvalue weighted by atomic mass is 32.1. The number of nitriles is 1. The van der Waals surface area contributed by atoms with E-state index in [0.717, 1.165) is 21.3 Å². The lowest BCUT2D eigenvalue weighted by Crippen LogP contribution is -2.00. The van der Waals surface area contributed by atoms with Crippen LogP contribution in [0.4, 0.5) is 11.5 Å². The van der Waals surface area contributed by atoms with Crippen molar-refractivity contribution in [3.05, 3.63) is 41.3 Å². The Bertz CT molecular complexity index is 800. The molecule has 2 aromatic heterocycles. The van der Waals surface area contributed by atoms with Crippen molar-refractivity contribution < 1.29 is 0 Å². The molecule has 0 fully saturated rings. The van der Waals surface area contributed by atoms with Crippen LogP contribution in [0.25, 0.3) is 21.3 Å². The molecule has 0 amide bonds. The van der Waals surface area contributed by atoms with Crippen LogP contribution in [-0.4, -0.2) is 4.98 Å². The van der Waals surface area contributed by atoms with E-state index < -0.39 is 0 Å². The third kappa shape index (κ3) is 1.70. The number of fused-ring (bicyclic) bond motifs is 1. The number of nitrogens with two attached hydrogens (primary N) is 2. The number of nitrogens with zero attached hydrogens (tertiary/aromatic N) is 2. The van der Waals surface area contributed by atoms with Gasteiger partial charge in [-0.3, -0.25) is 0 Å². The summed E-state index contributed by atoms with van der Waals surface area (Å²) in [6.07, 6.45) is 0. The minimum Gasteiger partial charge on any atom is -0.397 e. The molecule has 0 saturated heterocycles. The van der Waals surface area contributed by atoms with E-state index in [2.05, 4.69) is 4.98 Å². The molecule has 19 heavy (non-hydrogen) atoms. The molecule has 4 nitrogen and oxygen atoms in total. The monoisotopic (exact) mass is 266 g/mol. The van der Waals surface area contributed by atoms with Crippen molar-refractivity contribution in [1.29, 1.82) is 5.26 Å². The number of aromatic nitrogens is 1. The average Bonchev–Trinajstić information content (AvgIpc) is 2.84. The van der Waals surface area contributed by atoms with Crippen LogP contribution in [0, 0.1) is 11.3 Å². The second kappa shape index (κ2) is 4.26. The number of anilines is 2. The molecule has 0 spiro atoms. The molecule has 92 valence electrons. The molecule has 4 N–H and O–H groups in total. The smallest absolute Gasteiger partial charge is 0.145 e. The molecular formula is C14H10N4S. The van der Waals surface area contributed by atoms with Crippen LogP contribution < -0.4 is 11.5 Å². The Morgan fingerprint density at radius 3 is 2.58 bits per heavy atom. The quantitative estimate of drug-likeness (QED) is 0.708. The maximum absolute atomic E-state index is 9.11. The van der Waals surface area contributed by atoms with Crippen molar-refractivity contribution in [3.8, 4) is 17.2 Å². The van der Waals surface area contributed by atoms with Gasteiger partial charge in [0.25, 0.3) is 0 Å². The Balaban J connectivity index is 2.38. The Morgan fingerprint density at radius 1 is 1.16 bits per heavy atom. The van der Waals surface area contributed by atoms with Crippen LogP contribution in [0.5, 0.6) is 0 Å². The lowest BCUT2D eigenvalue weighted by Gasteiger charge is -2.05.